The lowest BCUT2D eigenvalue weighted by atomic mass is 10.3. The fourth-order valence-electron chi connectivity index (χ4n) is 7.92. The molecule has 0 aromatic carbocycles. The summed E-state index contributed by atoms with van der Waals surface area (Å²) in [4.78, 5) is 0. The molecule has 0 spiro atoms. The molecule has 0 radical (unpaired) electrons. The summed E-state index contributed by atoms with van der Waals surface area (Å²) in [5.41, 5.74) is 0. The second-order valence-electron chi connectivity index (χ2n) is 18.8. The summed E-state index contributed by atoms with van der Waals surface area (Å²) in [6, 6.07) is 2.60. The third kappa shape index (κ3) is 10.7. The number of rotatable bonds is 18. The van der Waals surface area contributed by atoms with Crippen molar-refractivity contribution >= 4 is 70.7 Å². The summed E-state index contributed by atoms with van der Waals surface area (Å²) in [5.74, 6) is 0.268. The predicted octanol–water partition coefficient (Wildman–Crippen LogP) is 6.22. The molecule has 0 saturated carbocycles. The minimum absolute atomic E-state index is 0.00448. The van der Waals surface area contributed by atoms with Gasteiger partial charge in [0.2, 0.25) is 0 Å². The molecule has 54 heavy (non-hydrogen) atoms. The molecule has 1 unspecified atom stereocenters. The zero-order chi connectivity index (χ0) is 40.2. The van der Waals surface area contributed by atoms with Gasteiger partial charge in [0.1, 0.15) is 0 Å². The first-order valence-electron chi connectivity index (χ1n) is 20.2. The molecule has 6 rings (SSSR count). The molecular weight excluding hydrogens is 837 g/mol. The highest BCUT2D eigenvalue weighted by Crippen LogP contribution is 2.55. The van der Waals surface area contributed by atoms with Crippen LogP contribution in [0.5, 0.6) is 0 Å². The van der Waals surface area contributed by atoms with E-state index in [4.69, 9.17) is 53.8 Å². The topological polar surface area (TPSA) is 160 Å². The van der Waals surface area contributed by atoms with E-state index in [2.05, 4.69) is 96.9 Å². The van der Waals surface area contributed by atoms with Gasteiger partial charge in [0.25, 0.3) is 0 Å². The van der Waals surface area contributed by atoms with Crippen molar-refractivity contribution in [3.63, 3.8) is 0 Å². The van der Waals surface area contributed by atoms with Gasteiger partial charge in [-0.3, -0.25) is 0 Å². The molecule has 0 aromatic rings. The molecule has 6 saturated heterocycles. The smallest absolute Gasteiger partial charge is 0.394 e. The Labute approximate surface area is 333 Å². The molecule has 6 fully saturated rings. The van der Waals surface area contributed by atoms with Crippen molar-refractivity contribution in [3.05, 3.63) is 0 Å². The molecule has 0 amide bonds. The standard InChI is InChI=1S/C31H70O15Si8/c1-24(2)17-47-35-48(18-25(3)4)38-51(21-28(9)10)40-49(36-47,19-26(5)6)42-53(23-30(13)14)43-50(37-47,20-27(7)8)41-52(39-48,22-29(11)12)45-54(44-51,46-53)34-16-31(33)15-32/h24-33H,15-23H2,1-14H3. The summed E-state index contributed by atoms with van der Waals surface area (Å²) in [5, 5.41) is 20.7. The van der Waals surface area contributed by atoms with Gasteiger partial charge in [-0.1, -0.05) is 96.9 Å². The largest absolute Gasteiger partial charge is 0.657 e. The van der Waals surface area contributed by atoms with E-state index in [-0.39, 0.29) is 48.0 Å². The van der Waals surface area contributed by atoms with Crippen LogP contribution in [0, 0.1) is 41.4 Å². The second-order valence-corrected chi connectivity index (χ2v) is 42.3. The van der Waals surface area contributed by atoms with E-state index in [9.17, 15) is 10.2 Å². The zero-order valence-corrected chi connectivity index (χ0v) is 43.2. The Morgan fingerprint density at radius 2 is 0.537 bits per heavy atom. The fraction of sp³-hybridized carbons (Fsp3) is 1.00. The molecule has 0 aliphatic carbocycles. The van der Waals surface area contributed by atoms with Crippen LogP contribution in [0.3, 0.4) is 0 Å². The average molecular weight is 908 g/mol. The van der Waals surface area contributed by atoms with Gasteiger partial charge in [0, 0.05) is 42.3 Å². The second kappa shape index (κ2) is 16.9. The van der Waals surface area contributed by atoms with Crippen LogP contribution < -0.4 is 0 Å². The van der Waals surface area contributed by atoms with E-state index in [1.165, 1.54) is 0 Å². The lowest BCUT2D eigenvalue weighted by Gasteiger charge is -2.63. The van der Waals surface area contributed by atoms with E-state index in [0.29, 0.717) is 42.3 Å². The highest BCUT2D eigenvalue weighted by Gasteiger charge is 2.84. The molecule has 1 atom stereocenters. The van der Waals surface area contributed by atoms with E-state index in [0.717, 1.165) is 0 Å². The maximum atomic E-state index is 10.8. The van der Waals surface area contributed by atoms with E-state index >= 15 is 0 Å². The molecule has 2 N–H and O–H groups in total. The van der Waals surface area contributed by atoms with Crippen LogP contribution in [0.2, 0.25) is 42.3 Å². The average Bonchev–Trinajstić information content (AvgIpc) is 2.88. The maximum absolute atomic E-state index is 10.8. The summed E-state index contributed by atoms with van der Waals surface area (Å²) < 4.78 is 97.5. The van der Waals surface area contributed by atoms with Crippen LogP contribution in [-0.4, -0.2) is 100 Å². The number of aliphatic hydroxyl groups excluding tert-OH is 2. The van der Waals surface area contributed by atoms with Crippen LogP contribution in [-0.2, 0) is 53.8 Å². The molecule has 6 aliphatic rings. The summed E-state index contributed by atoms with van der Waals surface area (Å²) in [7, 11) is -33.0. The van der Waals surface area contributed by atoms with Gasteiger partial charge in [-0.05, 0) is 41.4 Å². The molecular formula is C31H70O15Si8. The van der Waals surface area contributed by atoms with Gasteiger partial charge < -0.3 is 64.0 Å². The monoisotopic (exact) mass is 906 g/mol. The van der Waals surface area contributed by atoms with Crippen molar-refractivity contribution in [1.82, 2.24) is 0 Å². The van der Waals surface area contributed by atoms with E-state index in [1.54, 1.807) is 0 Å². The Balaban J connectivity index is 1.96. The Hall–Kier alpha value is 1.14. The summed E-state index contributed by atoms with van der Waals surface area (Å²) in [6.07, 6.45) is -1.26. The first kappa shape index (κ1) is 46.2. The highest BCUT2D eigenvalue weighted by atomic mass is 28.6. The summed E-state index contributed by atoms with van der Waals surface area (Å²) in [6.45, 7) is 28.4. The normalized spacial score (nSPS) is 41.4. The minimum Gasteiger partial charge on any atom is -0.394 e. The van der Waals surface area contributed by atoms with Gasteiger partial charge in [-0.2, -0.15) is 0 Å². The van der Waals surface area contributed by atoms with Crippen LogP contribution in [0.1, 0.15) is 96.9 Å². The first-order valence-corrected chi connectivity index (χ1v) is 35.4. The molecule has 6 heterocycles. The number of hydrogen-bond acceptors (Lipinski definition) is 15. The number of hydrogen-bond donors (Lipinski definition) is 2. The first-order chi connectivity index (χ1) is 24.9. The van der Waals surface area contributed by atoms with Crippen LogP contribution in [0.4, 0.5) is 0 Å². The van der Waals surface area contributed by atoms with E-state index < -0.39 is 83.4 Å². The van der Waals surface area contributed by atoms with Crippen molar-refractivity contribution in [1.29, 1.82) is 0 Å². The predicted molar refractivity (Wildman–Crippen MR) is 216 cm³/mol. The zero-order valence-electron chi connectivity index (χ0n) is 35.2. The Bertz CT molecular complexity index is 1130. The SMILES string of the molecule is CC(C)C[Si]12O[Si]3(CC(C)C)O[Si]4(CC(C)C)O[Si](CC(C)C)(O1)O[Si]1(CC(C)C)O[Si](CC(C)C)(O2)O[Si](CC(C)C)(O3)O[Si](OCC(O)CO)(O4)O1. The Kier molecular flexibility index (Phi) is 14.4. The van der Waals surface area contributed by atoms with Crippen molar-refractivity contribution < 1.29 is 64.0 Å². The van der Waals surface area contributed by atoms with Gasteiger partial charge in [0.05, 0.1) is 19.3 Å². The lowest BCUT2D eigenvalue weighted by Crippen LogP contribution is -2.89. The summed E-state index contributed by atoms with van der Waals surface area (Å²) >= 11 is 0. The molecule has 316 valence electrons. The fourth-order valence-corrected chi connectivity index (χ4v) is 57.7. The van der Waals surface area contributed by atoms with Crippen molar-refractivity contribution in [2.24, 2.45) is 41.4 Å². The Morgan fingerprint density at radius 3 is 0.704 bits per heavy atom. The van der Waals surface area contributed by atoms with Crippen molar-refractivity contribution in [2.75, 3.05) is 13.2 Å². The molecule has 0 aromatic heterocycles. The van der Waals surface area contributed by atoms with Crippen LogP contribution in [0.25, 0.3) is 0 Å². The molecule has 23 heteroatoms. The third-order valence-electron chi connectivity index (χ3n) is 8.91. The molecule has 8 bridgehead atoms. The number of aliphatic hydroxyl groups is 2. The van der Waals surface area contributed by atoms with Gasteiger partial charge >= 0.3 is 70.7 Å². The highest BCUT2D eigenvalue weighted by molar-refractivity contribution is 7.02. The van der Waals surface area contributed by atoms with Gasteiger partial charge in [-0.25, -0.2) is 0 Å². The lowest BCUT2D eigenvalue weighted by molar-refractivity contribution is -0.0713. The van der Waals surface area contributed by atoms with Gasteiger partial charge in [-0.15, -0.1) is 0 Å². The Morgan fingerprint density at radius 1 is 0.352 bits per heavy atom. The van der Waals surface area contributed by atoms with Gasteiger partial charge in [0.15, 0.2) is 0 Å². The molecule has 6 aliphatic heterocycles. The van der Waals surface area contributed by atoms with Crippen molar-refractivity contribution in [3.8, 4) is 0 Å². The molecule has 15 nitrogen and oxygen atoms in total. The van der Waals surface area contributed by atoms with Crippen molar-refractivity contribution in [2.45, 2.75) is 145 Å². The third-order valence-corrected chi connectivity index (χ3v) is 47.8. The van der Waals surface area contributed by atoms with Crippen LogP contribution in [0.15, 0.2) is 0 Å². The van der Waals surface area contributed by atoms with E-state index in [1.807, 2.05) is 0 Å². The minimum atomic E-state index is -4.64. The maximum Gasteiger partial charge on any atom is 0.657 e. The quantitative estimate of drug-likeness (QED) is 0.149. The van der Waals surface area contributed by atoms with Crippen LogP contribution >= 0.6 is 0 Å².